The Kier molecular flexibility index (Phi) is 3.16. The molecular weight excluding hydrogens is 277 g/mol. The zero-order chi connectivity index (χ0) is 14.1. The summed E-state index contributed by atoms with van der Waals surface area (Å²) in [5, 5.41) is 0.653. The predicted octanol–water partition coefficient (Wildman–Crippen LogP) is 4.12. The second-order valence-corrected chi connectivity index (χ2v) is 4.80. The maximum atomic E-state index is 13.0. The van der Waals surface area contributed by atoms with E-state index in [2.05, 4.69) is 9.97 Å². The van der Waals surface area contributed by atoms with Crippen molar-refractivity contribution < 1.29 is 4.39 Å². The second kappa shape index (κ2) is 4.98. The van der Waals surface area contributed by atoms with Crippen LogP contribution in [0.15, 0.2) is 48.5 Å². The molecule has 0 amide bonds. The molecule has 0 aliphatic carbocycles. The number of nitrogen functional groups attached to an aromatic ring is 1. The summed E-state index contributed by atoms with van der Waals surface area (Å²) in [4.78, 5) is 7.30. The maximum Gasteiger partial charge on any atom is 0.198 e. The van der Waals surface area contributed by atoms with Crippen LogP contribution in [0.1, 0.15) is 0 Å². The minimum atomic E-state index is -0.283. The molecule has 3 N–H and O–H groups in total. The van der Waals surface area contributed by atoms with E-state index < -0.39 is 0 Å². The fraction of sp³-hybridized carbons (Fsp3) is 0. The number of hydrogen-bond donors (Lipinski definition) is 2. The Morgan fingerprint density at radius 1 is 0.950 bits per heavy atom. The predicted molar refractivity (Wildman–Crippen MR) is 78.8 cm³/mol. The molecule has 3 nitrogen and oxygen atoms in total. The molecule has 0 saturated heterocycles. The number of nitrogens with two attached hydrogens (primary N) is 1. The van der Waals surface area contributed by atoms with Crippen molar-refractivity contribution in [1.29, 1.82) is 0 Å². The molecule has 0 unspecified atom stereocenters. The minimum Gasteiger partial charge on any atom is -0.369 e. The Balaban J connectivity index is 2.12. The van der Waals surface area contributed by atoms with Crippen LogP contribution in [0.5, 0.6) is 0 Å². The van der Waals surface area contributed by atoms with E-state index in [0.717, 1.165) is 16.8 Å². The van der Waals surface area contributed by atoms with Crippen LogP contribution in [0.2, 0.25) is 5.02 Å². The van der Waals surface area contributed by atoms with E-state index >= 15 is 0 Å². The zero-order valence-electron chi connectivity index (χ0n) is 10.4. The fourth-order valence-corrected chi connectivity index (χ4v) is 2.16. The van der Waals surface area contributed by atoms with Crippen LogP contribution in [-0.2, 0) is 0 Å². The maximum absolute atomic E-state index is 13.0. The molecule has 0 fully saturated rings. The first-order chi connectivity index (χ1) is 9.63. The third kappa shape index (κ3) is 2.38. The molecule has 100 valence electrons. The molecule has 1 heterocycles. The molecule has 20 heavy (non-hydrogen) atoms. The molecule has 2 aromatic carbocycles. The minimum absolute atomic E-state index is 0.283. The Morgan fingerprint density at radius 3 is 2.20 bits per heavy atom. The monoisotopic (exact) mass is 287 g/mol. The van der Waals surface area contributed by atoms with Crippen LogP contribution >= 0.6 is 11.6 Å². The van der Waals surface area contributed by atoms with Crippen molar-refractivity contribution in [2.45, 2.75) is 0 Å². The Morgan fingerprint density at radius 2 is 1.55 bits per heavy atom. The summed E-state index contributed by atoms with van der Waals surface area (Å²) >= 11 is 5.88. The summed E-state index contributed by atoms with van der Waals surface area (Å²) in [5.41, 5.74) is 8.93. The van der Waals surface area contributed by atoms with Gasteiger partial charge in [-0.3, -0.25) is 0 Å². The average Bonchev–Trinajstić information content (AvgIpc) is 2.82. The first-order valence-corrected chi connectivity index (χ1v) is 6.38. The average molecular weight is 288 g/mol. The van der Waals surface area contributed by atoms with Crippen molar-refractivity contribution in [3.8, 4) is 22.5 Å². The SMILES string of the molecule is Nc1nc(-c2ccc(Cl)cc2)c(-c2ccc(F)cc2)[nH]1. The molecule has 1 aromatic heterocycles. The number of hydrogen-bond acceptors (Lipinski definition) is 2. The van der Waals surface area contributed by atoms with E-state index in [1.165, 1.54) is 12.1 Å². The quantitative estimate of drug-likeness (QED) is 0.745. The number of aromatic amines is 1. The molecule has 5 heteroatoms. The number of nitrogens with one attached hydrogen (secondary N) is 1. The van der Waals surface area contributed by atoms with Crippen molar-refractivity contribution in [1.82, 2.24) is 9.97 Å². The molecule has 3 rings (SSSR count). The second-order valence-electron chi connectivity index (χ2n) is 4.36. The summed E-state index contributed by atoms with van der Waals surface area (Å²) in [6.07, 6.45) is 0. The summed E-state index contributed by atoms with van der Waals surface area (Å²) < 4.78 is 13.0. The van der Waals surface area contributed by atoms with Gasteiger partial charge in [-0.1, -0.05) is 23.7 Å². The van der Waals surface area contributed by atoms with Crippen molar-refractivity contribution in [3.05, 3.63) is 59.4 Å². The van der Waals surface area contributed by atoms with Crippen LogP contribution in [0.4, 0.5) is 10.3 Å². The van der Waals surface area contributed by atoms with Crippen LogP contribution in [0, 0.1) is 5.82 Å². The van der Waals surface area contributed by atoms with Crippen LogP contribution in [0.25, 0.3) is 22.5 Å². The number of rotatable bonds is 2. The van der Waals surface area contributed by atoms with Gasteiger partial charge in [-0.05, 0) is 36.4 Å². The molecular formula is C15H11ClFN3. The van der Waals surface area contributed by atoms with Crippen LogP contribution in [-0.4, -0.2) is 9.97 Å². The van der Waals surface area contributed by atoms with Crippen LogP contribution in [0.3, 0.4) is 0 Å². The summed E-state index contributed by atoms with van der Waals surface area (Å²) in [7, 11) is 0. The number of H-pyrrole nitrogens is 1. The summed E-state index contributed by atoms with van der Waals surface area (Å²) in [5.74, 6) is 0.0311. The number of nitrogens with zero attached hydrogens (tertiary/aromatic N) is 1. The highest BCUT2D eigenvalue weighted by Crippen LogP contribution is 2.31. The van der Waals surface area contributed by atoms with Gasteiger partial charge in [0.15, 0.2) is 5.95 Å². The van der Waals surface area contributed by atoms with Gasteiger partial charge in [-0.15, -0.1) is 0 Å². The number of benzene rings is 2. The van der Waals surface area contributed by atoms with E-state index in [4.69, 9.17) is 17.3 Å². The van der Waals surface area contributed by atoms with Crippen LogP contribution < -0.4 is 5.73 Å². The molecule has 0 spiro atoms. The lowest BCUT2D eigenvalue weighted by atomic mass is 10.1. The molecule has 0 radical (unpaired) electrons. The molecule has 3 aromatic rings. The van der Waals surface area contributed by atoms with E-state index in [-0.39, 0.29) is 5.82 Å². The number of imidazole rings is 1. The van der Waals surface area contributed by atoms with Gasteiger partial charge in [-0.2, -0.15) is 0 Å². The first kappa shape index (κ1) is 12.7. The first-order valence-electron chi connectivity index (χ1n) is 6.01. The highest BCUT2D eigenvalue weighted by molar-refractivity contribution is 6.30. The lowest BCUT2D eigenvalue weighted by molar-refractivity contribution is 0.628. The van der Waals surface area contributed by atoms with Crippen molar-refractivity contribution >= 4 is 17.5 Å². The summed E-state index contributed by atoms with van der Waals surface area (Å²) in [6.45, 7) is 0. The van der Waals surface area contributed by atoms with E-state index in [1.807, 2.05) is 12.1 Å². The largest absolute Gasteiger partial charge is 0.369 e. The topological polar surface area (TPSA) is 54.7 Å². The van der Waals surface area contributed by atoms with Gasteiger partial charge in [0.05, 0.1) is 11.4 Å². The standard InChI is InChI=1S/C15H11ClFN3/c16-11-5-1-9(2-6-11)13-14(20-15(18)19-13)10-3-7-12(17)8-4-10/h1-8H,(H3,18,19,20). The molecule has 0 aliphatic rings. The molecule has 0 aliphatic heterocycles. The number of halogens is 2. The van der Waals surface area contributed by atoms with E-state index in [9.17, 15) is 4.39 Å². The highest BCUT2D eigenvalue weighted by Gasteiger charge is 2.12. The molecule has 0 atom stereocenters. The summed E-state index contributed by atoms with van der Waals surface area (Å²) in [6, 6.07) is 13.5. The normalized spacial score (nSPS) is 10.7. The zero-order valence-corrected chi connectivity index (χ0v) is 11.2. The van der Waals surface area contributed by atoms with Gasteiger partial charge in [0, 0.05) is 16.1 Å². The molecule has 0 bridgehead atoms. The van der Waals surface area contributed by atoms with Gasteiger partial charge >= 0.3 is 0 Å². The van der Waals surface area contributed by atoms with Gasteiger partial charge < -0.3 is 10.7 Å². The van der Waals surface area contributed by atoms with E-state index in [0.29, 0.717) is 16.7 Å². The fourth-order valence-electron chi connectivity index (χ4n) is 2.03. The highest BCUT2D eigenvalue weighted by atomic mass is 35.5. The van der Waals surface area contributed by atoms with Crippen molar-refractivity contribution in [2.24, 2.45) is 0 Å². The lowest BCUT2D eigenvalue weighted by Gasteiger charge is -2.03. The third-order valence-electron chi connectivity index (χ3n) is 2.97. The van der Waals surface area contributed by atoms with Gasteiger partial charge in [0.2, 0.25) is 0 Å². The van der Waals surface area contributed by atoms with Gasteiger partial charge in [-0.25, -0.2) is 9.37 Å². The third-order valence-corrected chi connectivity index (χ3v) is 3.22. The lowest BCUT2D eigenvalue weighted by Crippen LogP contribution is -1.85. The van der Waals surface area contributed by atoms with Crippen molar-refractivity contribution in [3.63, 3.8) is 0 Å². The molecule has 0 saturated carbocycles. The van der Waals surface area contributed by atoms with Gasteiger partial charge in [0.1, 0.15) is 5.82 Å². The number of aromatic nitrogens is 2. The Bertz CT molecular complexity index is 670. The van der Waals surface area contributed by atoms with Crippen molar-refractivity contribution in [2.75, 3.05) is 5.73 Å². The smallest absolute Gasteiger partial charge is 0.198 e. The van der Waals surface area contributed by atoms with E-state index in [1.54, 1.807) is 24.3 Å². The Hall–Kier alpha value is -2.33. The number of anilines is 1. The van der Waals surface area contributed by atoms with Gasteiger partial charge in [0.25, 0.3) is 0 Å². The Labute approximate surface area is 120 Å².